The summed E-state index contributed by atoms with van der Waals surface area (Å²) in [6.45, 7) is 2.73. The summed E-state index contributed by atoms with van der Waals surface area (Å²) in [6, 6.07) is 10.2. The predicted octanol–water partition coefficient (Wildman–Crippen LogP) is 3.73. The van der Waals surface area contributed by atoms with E-state index in [0.29, 0.717) is 6.54 Å². The molecule has 1 amide bonds. The van der Waals surface area contributed by atoms with Gasteiger partial charge in [-0.15, -0.1) is 0 Å². The number of hydrogen-bond donors (Lipinski definition) is 1. The Labute approximate surface area is 149 Å². The first-order chi connectivity index (χ1) is 12.3. The Kier molecular flexibility index (Phi) is 4.88. The van der Waals surface area contributed by atoms with E-state index in [9.17, 15) is 4.79 Å². The Morgan fingerprint density at radius 3 is 2.64 bits per heavy atom. The maximum absolute atomic E-state index is 12.7. The molecule has 1 atom stereocenters. The summed E-state index contributed by atoms with van der Waals surface area (Å²) in [4.78, 5) is 15.1. The van der Waals surface area contributed by atoms with Crippen LogP contribution in [0.5, 0.6) is 0 Å². The second-order valence-corrected chi connectivity index (χ2v) is 7.17. The van der Waals surface area contributed by atoms with Crippen LogP contribution in [0.25, 0.3) is 0 Å². The number of fused-ring (bicyclic) bond motifs is 1. The van der Waals surface area contributed by atoms with Crippen LogP contribution in [0.4, 0.5) is 0 Å². The van der Waals surface area contributed by atoms with Crippen molar-refractivity contribution >= 4 is 5.91 Å². The third kappa shape index (κ3) is 3.64. The van der Waals surface area contributed by atoms with Gasteiger partial charge in [-0.3, -0.25) is 9.69 Å². The van der Waals surface area contributed by atoms with Crippen molar-refractivity contribution in [2.75, 3.05) is 19.6 Å². The second kappa shape index (κ2) is 7.44. The Hall–Kier alpha value is -2.07. The van der Waals surface area contributed by atoms with E-state index in [4.69, 9.17) is 4.42 Å². The lowest BCUT2D eigenvalue weighted by Gasteiger charge is -2.26. The minimum Gasteiger partial charge on any atom is -0.468 e. The summed E-state index contributed by atoms with van der Waals surface area (Å²) >= 11 is 0. The number of likely N-dealkylation sites (tertiary alicyclic amines) is 1. The molecule has 1 fully saturated rings. The number of carbonyl (C=O) groups excluding carboxylic acids is 1. The number of nitrogens with one attached hydrogen (secondary N) is 1. The second-order valence-electron chi connectivity index (χ2n) is 7.17. The van der Waals surface area contributed by atoms with E-state index in [1.165, 1.54) is 36.8 Å². The van der Waals surface area contributed by atoms with Gasteiger partial charge in [0.1, 0.15) is 5.76 Å². The van der Waals surface area contributed by atoms with Crippen molar-refractivity contribution in [2.24, 2.45) is 0 Å². The third-order valence-corrected chi connectivity index (χ3v) is 5.52. The van der Waals surface area contributed by atoms with E-state index in [-0.39, 0.29) is 11.9 Å². The van der Waals surface area contributed by atoms with Crippen molar-refractivity contribution in [2.45, 2.75) is 44.6 Å². The van der Waals surface area contributed by atoms with E-state index in [0.717, 1.165) is 37.3 Å². The van der Waals surface area contributed by atoms with Gasteiger partial charge in [0.2, 0.25) is 0 Å². The highest BCUT2D eigenvalue weighted by Crippen LogP contribution is 2.25. The number of aryl methyl sites for hydroxylation is 2. The van der Waals surface area contributed by atoms with Crippen molar-refractivity contribution in [3.8, 4) is 0 Å². The van der Waals surface area contributed by atoms with Gasteiger partial charge in [-0.05, 0) is 87.0 Å². The van der Waals surface area contributed by atoms with Gasteiger partial charge in [0.15, 0.2) is 0 Å². The molecule has 2 aliphatic rings. The Morgan fingerprint density at radius 1 is 1.08 bits per heavy atom. The van der Waals surface area contributed by atoms with Crippen LogP contribution in [0.1, 0.15) is 59.0 Å². The van der Waals surface area contributed by atoms with Crippen LogP contribution < -0.4 is 5.32 Å². The zero-order valence-electron chi connectivity index (χ0n) is 14.7. The van der Waals surface area contributed by atoms with Crippen LogP contribution in [0.2, 0.25) is 0 Å². The zero-order valence-corrected chi connectivity index (χ0v) is 14.7. The first-order valence-electron chi connectivity index (χ1n) is 9.49. The molecule has 0 unspecified atom stereocenters. The fraction of sp³-hybridized carbons (Fsp3) is 0.476. The molecule has 4 heteroatoms. The van der Waals surface area contributed by atoms with Gasteiger partial charge < -0.3 is 9.73 Å². The molecular weight excluding hydrogens is 312 g/mol. The zero-order chi connectivity index (χ0) is 17.1. The van der Waals surface area contributed by atoms with Crippen molar-refractivity contribution in [3.63, 3.8) is 0 Å². The van der Waals surface area contributed by atoms with Gasteiger partial charge in [0.25, 0.3) is 5.91 Å². The molecule has 0 bridgehead atoms. The summed E-state index contributed by atoms with van der Waals surface area (Å²) in [5.74, 6) is 0.955. The molecule has 1 N–H and O–H groups in total. The molecule has 1 aliphatic heterocycles. The number of rotatable bonds is 5. The first kappa shape index (κ1) is 16.4. The molecule has 4 nitrogen and oxygen atoms in total. The molecule has 2 aromatic rings. The van der Waals surface area contributed by atoms with Gasteiger partial charge in [-0.25, -0.2) is 0 Å². The minimum absolute atomic E-state index is 0.0177. The van der Waals surface area contributed by atoms with Gasteiger partial charge in [-0.1, -0.05) is 6.07 Å². The highest BCUT2D eigenvalue weighted by atomic mass is 16.3. The standard InChI is InChI=1S/C21H26N2O2/c24-21(18-10-9-16-6-1-2-7-17(16)14-18)22-15-19(20-8-5-13-25-20)23-11-3-4-12-23/h5,8-10,13-14,19H,1-4,6-7,11-12,15H2,(H,22,24)/t19-/m0/s1. The largest absolute Gasteiger partial charge is 0.468 e. The van der Waals surface area contributed by atoms with Gasteiger partial charge in [0.05, 0.1) is 12.3 Å². The topological polar surface area (TPSA) is 45.5 Å². The number of carbonyl (C=O) groups is 1. The Bertz CT molecular complexity index is 718. The molecule has 1 aromatic heterocycles. The molecule has 1 aliphatic carbocycles. The molecule has 25 heavy (non-hydrogen) atoms. The molecule has 0 spiro atoms. The van der Waals surface area contributed by atoms with Crippen LogP contribution in [-0.4, -0.2) is 30.4 Å². The summed E-state index contributed by atoms with van der Waals surface area (Å²) in [6.07, 6.45) is 8.88. The number of nitrogens with zero attached hydrogens (tertiary/aromatic N) is 1. The summed E-state index contributed by atoms with van der Waals surface area (Å²) < 4.78 is 5.63. The van der Waals surface area contributed by atoms with Crippen LogP contribution in [0, 0.1) is 0 Å². The van der Waals surface area contributed by atoms with E-state index in [2.05, 4.69) is 22.3 Å². The quantitative estimate of drug-likeness (QED) is 0.903. The number of furan rings is 1. The maximum atomic E-state index is 12.7. The predicted molar refractivity (Wildman–Crippen MR) is 97.7 cm³/mol. The SMILES string of the molecule is O=C(NC[C@@H](c1ccco1)N1CCCC1)c1ccc2c(c1)CCCC2. The van der Waals surface area contributed by atoms with Crippen LogP contribution >= 0.6 is 0 Å². The monoisotopic (exact) mass is 338 g/mol. The lowest BCUT2D eigenvalue weighted by Crippen LogP contribution is -2.36. The van der Waals surface area contributed by atoms with E-state index in [1.54, 1.807) is 6.26 Å². The summed E-state index contributed by atoms with van der Waals surface area (Å²) in [5, 5.41) is 3.13. The van der Waals surface area contributed by atoms with Crippen LogP contribution in [0.3, 0.4) is 0 Å². The number of benzene rings is 1. The first-order valence-corrected chi connectivity index (χ1v) is 9.49. The molecule has 1 saturated heterocycles. The Balaban J connectivity index is 1.44. The lowest BCUT2D eigenvalue weighted by molar-refractivity contribution is 0.0933. The average molecular weight is 338 g/mol. The van der Waals surface area contributed by atoms with Crippen molar-refractivity contribution in [1.29, 1.82) is 0 Å². The molecule has 4 rings (SSSR count). The Morgan fingerprint density at radius 2 is 1.88 bits per heavy atom. The lowest BCUT2D eigenvalue weighted by atomic mass is 9.90. The smallest absolute Gasteiger partial charge is 0.251 e. The van der Waals surface area contributed by atoms with E-state index >= 15 is 0 Å². The highest BCUT2D eigenvalue weighted by Gasteiger charge is 2.26. The molecular formula is C21H26N2O2. The van der Waals surface area contributed by atoms with Gasteiger partial charge in [0, 0.05) is 12.1 Å². The molecule has 1 aromatic carbocycles. The molecule has 0 radical (unpaired) electrons. The number of hydrogen-bond acceptors (Lipinski definition) is 3. The minimum atomic E-state index is 0.0177. The fourth-order valence-electron chi connectivity index (χ4n) is 4.11. The highest BCUT2D eigenvalue weighted by molar-refractivity contribution is 5.94. The number of amides is 1. The van der Waals surface area contributed by atoms with Crippen LogP contribution in [-0.2, 0) is 12.8 Å². The van der Waals surface area contributed by atoms with Crippen molar-refractivity contribution < 1.29 is 9.21 Å². The van der Waals surface area contributed by atoms with E-state index < -0.39 is 0 Å². The van der Waals surface area contributed by atoms with Crippen LogP contribution in [0.15, 0.2) is 41.0 Å². The molecule has 2 heterocycles. The molecule has 132 valence electrons. The fourth-order valence-corrected chi connectivity index (χ4v) is 4.11. The van der Waals surface area contributed by atoms with E-state index in [1.807, 2.05) is 18.2 Å². The maximum Gasteiger partial charge on any atom is 0.251 e. The summed E-state index contributed by atoms with van der Waals surface area (Å²) in [7, 11) is 0. The van der Waals surface area contributed by atoms with Gasteiger partial charge >= 0.3 is 0 Å². The third-order valence-electron chi connectivity index (χ3n) is 5.52. The van der Waals surface area contributed by atoms with Gasteiger partial charge in [-0.2, -0.15) is 0 Å². The van der Waals surface area contributed by atoms with Crippen molar-refractivity contribution in [1.82, 2.24) is 10.2 Å². The average Bonchev–Trinajstić information content (AvgIpc) is 3.36. The normalized spacial score (nSPS) is 18.7. The van der Waals surface area contributed by atoms with Crippen molar-refractivity contribution in [3.05, 3.63) is 59.0 Å². The molecule has 0 saturated carbocycles. The summed E-state index contributed by atoms with van der Waals surface area (Å²) in [5.41, 5.74) is 3.54.